The fraction of sp³-hybridized carbons (Fsp3) is 0.778. The highest BCUT2D eigenvalue weighted by atomic mass is 35.5. The van der Waals surface area contributed by atoms with Gasteiger partial charge in [0.2, 0.25) is 6.33 Å². The second-order valence-corrected chi connectivity index (χ2v) is 6.42. The maximum Gasteiger partial charge on any atom is 0.309 e. The summed E-state index contributed by atoms with van der Waals surface area (Å²) in [4.78, 5) is 11.7. The van der Waals surface area contributed by atoms with Gasteiger partial charge in [-0.15, -0.1) is 0 Å². The number of carbonyl (C=O) groups is 1. The van der Waals surface area contributed by atoms with Gasteiger partial charge < -0.3 is 26.6 Å². The van der Waals surface area contributed by atoms with Gasteiger partial charge in [0.1, 0.15) is 18.4 Å². The fourth-order valence-electron chi connectivity index (χ4n) is 3.14. The van der Waals surface area contributed by atoms with Gasteiger partial charge in [0.05, 0.1) is 39.4 Å². The second kappa shape index (κ2) is 11.5. The van der Waals surface area contributed by atoms with Crippen molar-refractivity contribution in [1.82, 2.24) is 4.57 Å². The minimum Gasteiger partial charge on any atom is -1.00 e. The maximum absolute atomic E-state index is 11.7. The number of cyclic esters (lactones) is 1. The Bertz CT molecular complexity index is 521. The van der Waals surface area contributed by atoms with Gasteiger partial charge in [-0.1, -0.05) is 13.8 Å². The van der Waals surface area contributed by atoms with Crippen molar-refractivity contribution in [3.8, 4) is 0 Å². The Morgan fingerprint density at radius 3 is 2.64 bits per heavy atom. The van der Waals surface area contributed by atoms with E-state index in [1.807, 2.05) is 7.05 Å². The molecule has 1 aromatic heterocycles. The van der Waals surface area contributed by atoms with Crippen LogP contribution in [0, 0.1) is 11.8 Å². The average Bonchev–Trinajstić information content (AvgIpc) is 3.09. The number of ether oxygens (including phenoxy) is 3. The lowest BCUT2D eigenvalue weighted by atomic mass is 9.89. The molecule has 6 nitrogen and oxygen atoms in total. The summed E-state index contributed by atoms with van der Waals surface area (Å²) in [6, 6.07) is 0. The predicted molar refractivity (Wildman–Crippen MR) is 89.5 cm³/mol. The van der Waals surface area contributed by atoms with Crippen LogP contribution in [0.15, 0.2) is 12.5 Å². The van der Waals surface area contributed by atoms with Gasteiger partial charge in [0.25, 0.3) is 0 Å². The van der Waals surface area contributed by atoms with Gasteiger partial charge in [0.15, 0.2) is 0 Å². The van der Waals surface area contributed by atoms with E-state index in [-0.39, 0.29) is 30.2 Å². The number of imidazole rings is 1. The molecule has 7 heteroatoms. The Morgan fingerprint density at radius 2 is 1.96 bits per heavy atom. The van der Waals surface area contributed by atoms with Crippen LogP contribution in [0.2, 0.25) is 0 Å². The van der Waals surface area contributed by atoms with Crippen molar-refractivity contribution in [2.75, 3.05) is 33.0 Å². The average molecular weight is 375 g/mol. The van der Waals surface area contributed by atoms with Crippen molar-refractivity contribution in [1.29, 1.82) is 0 Å². The molecule has 0 aromatic carbocycles. The molecule has 0 aliphatic carbocycles. The van der Waals surface area contributed by atoms with Crippen LogP contribution in [0.4, 0.5) is 0 Å². The summed E-state index contributed by atoms with van der Waals surface area (Å²) in [5, 5.41) is 0. The Balaban J connectivity index is 0.00000312. The molecule has 0 bridgehead atoms. The molecule has 1 fully saturated rings. The predicted octanol–water partition coefficient (Wildman–Crippen LogP) is -1.50. The third kappa shape index (κ3) is 6.60. The Hall–Kier alpha value is -1.11. The first kappa shape index (κ1) is 21.9. The molecule has 0 N–H and O–H groups in total. The molecule has 0 saturated carbocycles. The van der Waals surface area contributed by atoms with Gasteiger partial charge in [-0.05, 0) is 12.8 Å². The van der Waals surface area contributed by atoms with Crippen LogP contribution < -0.4 is 17.0 Å². The number of hydrogen-bond acceptors (Lipinski definition) is 4. The minimum atomic E-state index is -0.0386. The highest BCUT2D eigenvalue weighted by molar-refractivity contribution is 5.74. The molecule has 2 heterocycles. The monoisotopic (exact) mass is 374 g/mol. The van der Waals surface area contributed by atoms with Gasteiger partial charge in [-0.25, -0.2) is 9.13 Å². The molecule has 0 unspecified atom stereocenters. The quantitative estimate of drug-likeness (QED) is 0.269. The molecule has 1 aliphatic heterocycles. The zero-order chi connectivity index (χ0) is 17.4. The summed E-state index contributed by atoms with van der Waals surface area (Å²) in [7, 11) is 2.05. The van der Waals surface area contributed by atoms with Crippen molar-refractivity contribution in [3.05, 3.63) is 18.2 Å². The summed E-state index contributed by atoms with van der Waals surface area (Å²) in [5.41, 5.74) is 1.23. The highest BCUT2D eigenvalue weighted by Gasteiger charge is 2.36. The lowest BCUT2D eigenvalue weighted by Gasteiger charge is -2.10. The van der Waals surface area contributed by atoms with Gasteiger partial charge in [0, 0.05) is 18.9 Å². The van der Waals surface area contributed by atoms with Gasteiger partial charge in [-0.2, -0.15) is 0 Å². The van der Waals surface area contributed by atoms with E-state index in [0.717, 1.165) is 32.4 Å². The number of aryl methyl sites for hydroxylation is 1. The zero-order valence-corrected chi connectivity index (χ0v) is 16.3. The number of nitrogens with zero attached hydrogens (tertiary/aromatic N) is 2. The Labute approximate surface area is 156 Å². The first-order valence-electron chi connectivity index (χ1n) is 9.02. The van der Waals surface area contributed by atoms with E-state index >= 15 is 0 Å². The van der Waals surface area contributed by atoms with E-state index in [4.69, 9.17) is 14.2 Å². The summed E-state index contributed by atoms with van der Waals surface area (Å²) in [6.45, 7) is 8.28. The van der Waals surface area contributed by atoms with E-state index in [1.54, 1.807) is 0 Å². The van der Waals surface area contributed by atoms with E-state index in [9.17, 15) is 4.79 Å². The number of esters is 1. The molecule has 144 valence electrons. The van der Waals surface area contributed by atoms with E-state index in [2.05, 4.69) is 35.5 Å². The summed E-state index contributed by atoms with van der Waals surface area (Å²) in [6.07, 6.45) is 6.98. The molecule has 0 spiro atoms. The first-order valence-corrected chi connectivity index (χ1v) is 9.02. The first-order chi connectivity index (χ1) is 11.7. The molecule has 0 amide bonds. The van der Waals surface area contributed by atoms with Crippen molar-refractivity contribution in [3.63, 3.8) is 0 Å². The SMILES string of the molecule is CCCOCCOCC[n+]1cc(C[C@H]2COC(=O)[C@H]2CC)n(C)c1.[Cl-]. The lowest BCUT2D eigenvalue weighted by molar-refractivity contribution is -0.698. The Kier molecular flexibility index (Phi) is 10.1. The summed E-state index contributed by atoms with van der Waals surface area (Å²) >= 11 is 0. The van der Waals surface area contributed by atoms with Crippen molar-refractivity contribution in [2.24, 2.45) is 18.9 Å². The lowest BCUT2D eigenvalue weighted by Crippen LogP contribution is -3.00. The second-order valence-electron chi connectivity index (χ2n) is 6.42. The van der Waals surface area contributed by atoms with Crippen molar-refractivity contribution >= 4 is 5.97 Å². The van der Waals surface area contributed by atoms with Crippen molar-refractivity contribution in [2.45, 2.75) is 39.7 Å². The van der Waals surface area contributed by atoms with Gasteiger partial charge >= 0.3 is 5.97 Å². The zero-order valence-electron chi connectivity index (χ0n) is 15.6. The summed E-state index contributed by atoms with van der Waals surface area (Å²) in [5.74, 6) is 0.291. The number of halogens is 1. The smallest absolute Gasteiger partial charge is 0.309 e. The van der Waals surface area contributed by atoms with Crippen LogP contribution in [0.5, 0.6) is 0 Å². The van der Waals surface area contributed by atoms with E-state index in [0.29, 0.717) is 26.4 Å². The molecule has 25 heavy (non-hydrogen) atoms. The highest BCUT2D eigenvalue weighted by Crippen LogP contribution is 2.27. The number of aromatic nitrogens is 2. The minimum absolute atomic E-state index is 0. The Morgan fingerprint density at radius 1 is 1.24 bits per heavy atom. The van der Waals surface area contributed by atoms with E-state index < -0.39 is 0 Å². The number of hydrogen-bond donors (Lipinski definition) is 0. The molecule has 2 atom stereocenters. The standard InChI is InChI=1S/C18H31N2O4.ClH/c1-4-7-22-9-10-23-8-6-20-12-16(19(3)14-20)11-15-13-24-18(21)17(15)5-2;/h12,14-15,17H,4-11,13H2,1-3H3;1H/q+1;/p-1/t15-,17-;/m0./s1. The van der Waals surface area contributed by atoms with Crippen LogP contribution in [0.1, 0.15) is 32.4 Å². The third-order valence-electron chi connectivity index (χ3n) is 4.53. The summed E-state index contributed by atoms with van der Waals surface area (Å²) < 4.78 is 20.5. The van der Waals surface area contributed by atoms with E-state index in [1.165, 1.54) is 5.69 Å². The molecular weight excluding hydrogens is 344 g/mol. The molecular formula is C18H31ClN2O4. The van der Waals surface area contributed by atoms with Crippen LogP contribution >= 0.6 is 0 Å². The largest absolute Gasteiger partial charge is 1.00 e. The van der Waals surface area contributed by atoms with Crippen LogP contribution in [0.3, 0.4) is 0 Å². The van der Waals surface area contributed by atoms with Crippen LogP contribution in [-0.2, 0) is 39.0 Å². The van der Waals surface area contributed by atoms with Crippen molar-refractivity contribution < 1.29 is 36.0 Å². The normalized spacial score (nSPS) is 19.7. The number of rotatable bonds is 11. The number of carbonyl (C=O) groups excluding carboxylic acids is 1. The van der Waals surface area contributed by atoms with Crippen LogP contribution in [-0.4, -0.2) is 43.6 Å². The molecule has 1 aliphatic rings. The van der Waals surface area contributed by atoms with Gasteiger partial charge in [-0.3, -0.25) is 4.79 Å². The molecule has 0 radical (unpaired) electrons. The third-order valence-corrected chi connectivity index (χ3v) is 4.53. The fourth-order valence-corrected chi connectivity index (χ4v) is 3.14. The topological polar surface area (TPSA) is 53.6 Å². The molecule has 1 saturated heterocycles. The maximum atomic E-state index is 11.7. The molecule has 1 aromatic rings. The van der Waals surface area contributed by atoms with Crippen LogP contribution in [0.25, 0.3) is 0 Å². The molecule has 2 rings (SSSR count).